The SMILES string of the molecule is CC[C@]1(O)C[C@H]2C[N@](CCc3c([nH]c4ccccc34)[C@@](C(=O)OC)(c3cc4c(cc3OC)N(C)[C@H]3[C@]5(OC(=O)N(CCCl)C5=O)[C@H](OC(C)=O)[C@]5(CC)C=CCN6CC[C@]43[C@@H]65)C2)C1.O=S(=O)(O)c1cccc2c(S(=O)(=O)O)cccc12. The second kappa shape index (κ2) is 20.1. The summed E-state index contributed by atoms with van der Waals surface area (Å²) in [5, 5.41) is 13.1. The minimum Gasteiger partial charge on any atom is -0.496 e. The Morgan fingerprint density at radius 2 is 1.56 bits per heavy atom. The Kier molecular flexibility index (Phi) is 14.1. The number of likely N-dealkylation sites (N-methyl/N-ethyl adjacent to an activating group) is 1. The van der Waals surface area contributed by atoms with Crippen LogP contribution >= 0.6 is 11.6 Å². The number of methoxy groups -OCH3 is 2. The number of alkyl halides is 1. The number of carbonyl (C=O) groups is 4. The van der Waals surface area contributed by atoms with Gasteiger partial charge in [0, 0.05) is 114 Å². The number of para-hydroxylation sites is 1. The lowest BCUT2D eigenvalue weighted by Gasteiger charge is -2.63. The van der Waals surface area contributed by atoms with Crippen LogP contribution in [0.3, 0.4) is 0 Å². The fourth-order valence-electron chi connectivity index (χ4n) is 15.9. The smallest absolute Gasteiger partial charge is 0.417 e. The number of nitrogens with zero attached hydrogens (tertiary/aromatic N) is 4. The van der Waals surface area contributed by atoms with Crippen molar-refractivity contribution in [1.29, 1.82) is 0 Å². The number of benzene rings is 4. The number of nitrogens with one attached hydrogen (secondary N) is 1. The van der Waals surface area contributed by atoms with Crippen LogP contribution in [0.25, 0.3) is 21.7 Å². The molecular formula is C58H66ClN5O15S2. The number of amides is 2. The third kappa shape index (κ3) is 8.35. The lowest BCUT2D eigenvalue weighted by molar-refractivity contribution is -0.210. The summed E-state index contributed by atoms with van der Waals surface area (Å²) in [6.07, 6.45) is 5.22. The number of halogens is 1. The molecular weight excluding hydrogens is 1110 g/mol. The molecule has 1 aliphatic carbocycles. The number of H-pyrrole nitrogens is 1. The van der Waals surface area contributed by atoms with E-state index in [-0.39, 0.29) is 35.2 Å². The zero-order valence-corrected chi connectivity index (χ0v) is 48.2. The molecule has 2 bridgehead atoms. The van der Waals surface area contributed by atoms with Crippen LogP contribution in [0.15, 0.2) is 94.7 Å². The van der Waals surface area contributed by atoms with Crippen LogP contribution in [0.4, 0.5) is 10.5 Å². The van der Waals surface area contributed by atoms with Gasteiger partial charge < -0.3 is 33.9 Å². The highest BCUT2D eigenvalue weighted by Gasteiger charge is 2.84. The van der Waals surface area contributed by atoms with Gasteiger partial charge in [-0.15, -0.1) is 11.6 Å². The van der Waals surface area contributed by atoms with Gasteiger partial charge in [0.15, 0.2) is 6.10 Å². The molecule has 10 atom stereocenters. The molecule has 1 saturated carbocycles. The Hall–Kier alpha value is -6.11. The molecule has 81 heavy (non-hydrogen) atoms. The molecule has 0 radical (unpaired) electrons. The van der Waals surface area contributed by atoms with Crippen LogP contribution in [0, 0.1) is 11.3 Å². The Labute approximate surface area is 474 Å². The van der Waals surface area contributed by atoms with E-state index in [2.05, 4.69) is 39.1 Å². The standard InChI is InChI=1S/C48H58ClN5O9.C10H8O6S2/c1-7-44(59)24-29-25-47(42(57)61-6,37-31(14-19-52(26-29)27-44)30-12-9-10-13-34(30)50-37)33-22-32-35(23-36(33)60-5)51(4)39-46(32)16-20-53-18-11-15-45(8-2,38(46)53)40(62-28(3)55)48(39)41(56)54(21-17-49)43(58)63-48;11-17(12,13)9-5-1-3-7-8(9)4-2-6-10(7)18(14,15)16/h9-13,15,22-23,29,38-40,50,59H,7-8,14,16-21,24-27H2,1-6H3;1-6H,(H,11,12,13)(H,14,15,16)/t29-,38+,39-,40-,44+,45-,46-,47+,48+;/m1./s1. The van der Waals surface area contributed by atoms with Crippen LogP contribution in [0.1, 0.15) is 75.3 Å². The first-order chi connectivity index (χ1) is 38.4. The van der Waals surface area contributed by atoms with E-state index in [1.165, 1.54) is 38.3 Å². The fraction of sp³-hybridized carbons (Fsp3) is 0.483. The molecule has 6 aliphatic heterocycles. The van der Waals surface area contributed by atoms with E-state index < -0.39 is 93.6 Å². The molecule has 5 aromatic rings. The number of fused-ring (bicyclic) bond motifs is 8. The molecule has 20 nitrogen and oxygen atoms in total. The van der Waals surface area contributed by atoms with Gasteiger partial charge in [-0.2, -0.15) is 16.8 Å². The fourth-order valence-corrected chi connectivity index (χ4v) is 17.5. The molecule has 0 unspecified atom stereocenters. The van der Waals surface area contributed by atoms with Crippen molar-refractivity contribution < 1.29 is 69.2 Å². The normalized spacial score (nSPS) is 31.3. The van der Waals surface area contributed by atoms with Crippen LogP contribution in [-0.4, -0.2) is 170 Å². The number of rotatable bonds is 10. The van der Waals surface area contributed by atoms with Gasteiger partial charge in [-0.25, -0.2) is 9.69 Å². The average Bonchev–Trinajstić information content (AvgIpc) is 2.93. The quantitative estimate of drug-likeness (QED) is 0.0389. The molecule has 3 saturated heterocycles. The molecule has 2 spiro atoms. The van der Waals surface area contributed by atoms with Crippen LogP contribution in [-0.2, 0) is 66.1 Å². The molecule has 12 rings (SSSR count). The summed E-state index contributed by atoms with van der Waals surface area (Å²) in [5.74, 6) is -1.29. The second-order valence-corrected chi connectivity index (χ2v) is 25.9. The van der Waals surface area contributed by atoms with Crippen LogP contribution < -0.4 is 9.64 Å². The maximum atomic E-state index is 15.5. The van der Waals surface area contributed by atoms with E-state index in [4.69, 9.17) is 39.7 Å². The van der Waals surface area contributed by atoms with Crippen molar-refractivity contribution in [3.8, 4) is 5.75 Å². The van der Waals surface area contributed by atoms with E-state index >= 15 is 9.59 Å². The highest BCUT2D eigenvalue weighted by atomic mass is 35.5. The van der Waals surface area contributed by atoms with Crippen molar-refractivity contribution in [2.24, 2.45) is 11.3 Å². The summed E-state index contributed by atoms with van der Waals surface area (Å²) < 4.78 is 88.1. The number of hydrogen-bond donors (Lipinski definition) is 4. The minimum atomic E-state index is -4.47. The van der Waals surface area contributed by atoms with Gasteiger partial charge in [-0.05, 0) is 86.4 Å². The largest absolute Gasteiger partial charge is 0.496 e. The summed E-state index contributed by atoms with van der Waals surface area (Å²) in [6.45, 7) is 8.54. The molecule has 7 heterocycles. The van der Waals surface area contributed by atoms with Crippen molar-refractivity contribution in [2.45, 2.75) is 109 Å². The number of hydrogen-bond acceptors (Lipinski definition) is 16. The maximum absolute atomic E-state index is 15.5. The first-order valence-corrected chi connectivity index (χ1v) is 30.6. The predicted octanol–water partition coefficient (Wildman–Crippen LogP) is 6.38. The number of piperidine rings is 1. The molecule has 4 N–H and O–H groups in total. The molecule has 2 amide bonds. The second-order valence-electron chi connectivity index (χ2n) is 22.8. The van der Waals surface area contributed by atoms with Crippen molar-refractivity contribution in [3.63, 3.8) is 0 Å². The zero-order valence-electron chi connectivity index (χ0n) is 45.8. The van der Waals surface area contributed by atoms with Gasteiger partial charge >= 0.3 is 18.0 Å². The molecule has 432 valence electrons. The number of aromatic nitrogens is 1. The van der Waals surface area contributed by atoms with Gasteiger partial charge in [0.2, 0.25) is 0 Å². The zero-order chi connectivity index (χ0) is 58.0. The summed E-state index contributed by atoms with van der Waals surface area (Å²) in [4.78, 5) is 69.0. The van der Waals surface area contributed by atoms with Gasteiger partial charge in [0.05, 0.1) is 25.9 Å². The number of ether oxygens (including phenoxy) is 4. The number of aromatic amines is 1. The maximum Gasteiger partial charge on any atom is 0.417 e. The van der Waals surface area contributed by atoms with Crippen LogP contribution in [0.2, 0.25) is 0 Å². The molecule has 4 fully saturated rings. The van der Waals surface area contributed by atoms with E-state index in [0.29, 0.717) is 82.6 Å². The van der Waals surface area contributed by atoms with Gasteiger partial charge in [-0.3, -0.25) is 33.3 Å². The summed E-state index contributed by atoms with van der Waals surface area (Å²) in [6, 6.07) is 18.6. The van der Waals surface area contributed by atoms with Crippen molar-refractivity contribution in [3.05, 3.63) is 107 Å². The van der Waals surface area contributed by atoms with E-state index in [9.17, 15) is 31.5 Å². The number of esters is 2. The predicted molar refractivity (Wildman–Crippen MR) is 299 cm³/mol. The molecule has 1 aromatic heterocycles. The number of aliphatic hydroxyl groups is 1. The van der Waals surface area contributed by atoms with Crippen molar-refractivity contribution >= 4 is 83.1 Å². The van der Waals surface area contributed by atoms with Gasteiger partial charge in [0.25, 0.3) is 31.7 Å². The monoisotopic (exact) mass is 1170 g/mol. The Morgan fingerprint density at radius 3 is 2.17 bits per heavy atom. The van der Waals surface area contributed by atoms with E-state index in [1.54, 1.807) is 7.11 Å². The first kappa shape index (κ1) is 56.7. The summed E-state index contributed by atoms with van der Waals surface area (Å²) >= 11 is 6.24. The van der Waals surface area contributed by atoms with Gasteiger partial charge in [-0.1, -0.05) is 68.5 Å². The lowest BCUT2D eigenvalue weighted by atomic mass is 9.47. The lowest BCUT2D eigenvalue weighted by Crippen LogP contribution is -2.81. The summed E-state index contributed by atoms with van der Waals surface area (Å²) in [5.41, 5.74) is -1.32. The highest BCUT2D eigenvalue weighted by molar-refractivity contribution is 7.86. The molecule has 4 aromatic carbocycles. The van der Waals surface area contributed by atoms with E-state index in [0.717, 1.165) is 50.4 Å². The third-order valence-corrected chi connectivity index (χ3v) is 20.8. The third-order valence-electron chi connectivity index (χ3n) is 18.8. The van der Waals surface area contributed by atoms with Crippen LogP contribution in [0.5, 0.6) is 5.75 Å². The average molecular weight is 1170 g/mol. The number of imide groups is 1. The number of carbonyl (C=O) groups excluding carboxylic acids is 4. The van der Waals surface area contributed by atoms with Crippen molar-refractivity contribution in [1.82, 2.24) is 19.7 Å². The molecule has 23 heteroatoms. The summed E-state index contributed by atoms with van der Waals surface area (Å²) in [7, 11) is -3.99. The van der Waals surface area contributed by atoms with E-state index in [1.807, 2.05) is 50.1 Å². The topological polar surface area (TPSA) is 263 Å². The first-order valence-electron chi connectivity index (χ1n) is 27.2. The Morgan fingerprint density at radius 1 is 0.877 bits per heavy atom. The van der Waals surface area contributed by atoms with Crippen molar-refractivity contribution in [2.75, 3.05) is 71.3 Å². The number of anilines is 1. The van der Waals surface area contributed by atoms with Gasteiger partial charge in [0.1, 0.15) is 21.0 Å². The Balaban J connectivity index is 0.000000326. The minimum absolute atomic E-state index is 0.00340. The highest BCUT2D eigenvalue weighted by Crippen LogP contribution is 2.69. The Bertz CT molecular complexity index is 3640. The molecule has 7 aliphatic rings.